The minimum Gasteiger partial charge on any atom is -0.339 e. The zero-order chi connectivity index (χ0) is 17.2. The van der Waals surface area contributed by atoms with Crippen molar-refractivity contribution in [2.24, 2.45) is 0 Å². The van der Waals surface area contributed by atoms with Gasteiger partial charge in [0, 0.05) is 25.0 Å². The number of carbonyl (C=O) groups excluding carboxylic acids is 3. The Morgan fingerprint density at radius 2 is 2.13 bits per heavy atom. The van der Waals surface area contributed by atoms with Crippen LogP contribution in [0.1, 0.15) is 11.6 Å². The van der Waals surface area contributed by atoms with Crippen LogP contribution in [0.25, 0.3) is 0 Å². The summed E-state index contributed by atoms with van der Waals surface area (Å²) >= 11 is 0. The van der Waals surface area contributed by atoms with Crippen molar-refractivity contribution < 1.29 is 27.6 Å². The first-order valence-corrected chi connectivity index (χ1v) is 6.51. The first-order valence-electron chi connectivity index (χ1n) is 6.51. The molecule has 1 N–H and O–H groups in total. The van der Waals surface area contributed by atoms with Crippen LogP contribution in [-0.2, 0) is 9.59 Å². The highest BCUT2D eigenvalue weighted by Gasteiger charge is 2.43. The molecule has 0 bridgehead atoms. The first kappa shape index (κ1) is 16.7. The zero-order valence-corrected chi connectivity index (χ0v) is 12.0. The Kier molecular flexibility index (Phi) is 4.52. The number of amides is 4. The van der Waals surface area contributed by atoms with E-state index >= 15 is 0 Å². The quantitative estimate of drug-likeness (QED) is 0.824. The molecule has 124 valence electrons. The molecule has 1 aliphatic heterocycles. The molecule has 0 aromatic carbocycles. The number of nitrogens with zero attached hydrogens (tertiary/aromatic N) is 3. The van der Waals surface area contributed by atoms with Gasteiger partial charge in [-0.3, -0.25) is 19.5 Å². The number of likely N-dealkylation sites (N-methyl/N-ethyl adjacent to an activating group) is 1. The third-order valence-electron chi connectivity index (χ3n) is 3.18. The maximum atomic E-state index is 13.1. The molecule has 1 aromatic rings. The Bertz CT molecular complexity index is 621. The summed E-state index contributed by atoms with van der Waals surface area (Å²) in [5.74, 6) is -1.73. The van der Waals surface area contributed by atoms with E-state index in [2.05, 4.69) is 4.98 Å². The molecule has 1 unspecified atom stereocenters. The maximum Gasteiger partial charge on any atom is 0.412 e. The summed E-state index contributed by atoms with van der Waals surface area (Å²) in [6, 6.07) is -0.516. The Hall–Kier alpha value is -2.65. The summed E-state index contributed by atoms with van der Waals surface area (Å²) in [6.45, 7) is -0.980. The number of imide groups is 1. The fourth-order valence-electron chi connectivity index (χ4n) is 2.08. The van der Waals surface area contributed by atoms with Crippen LogP contribution in [0.4, 0.5) is 18.0 Å². The van der Waals surface area contributed by atoms with Crippen molar-refractivity contribution in [1.29, 1.82) is 0 Å². The summed E-state index contributed by atoms with van der Waals surface area (Å²) in [4.78, 5) is 40.2. The smallest absolute Gasteiger partial charge is 0.339 e. The van der Waals surface area contributed by atoms with Crippen LogP contribution in [0.3, 0.4) is 0 Å². The number of hydrogen-bond donors (Lipinski definition) is 1. The number of urea groups is 1. The molecule has 10 heteroatoms. The number of rotatable bonds is 4. The van der Waals surface area contributed by atoms with Gasteiger partial charge in [-0.15, -0.1) is 0 Å². The van der Waals surface area contributed by atoms with Crippen LogP contribution in [0, 0.1) is 0 Å². The second-order valence-corrected chi connectivity index (χ2v) is 4.95. The molecule has 0 saturated carbocycles. The van der Waals surface area contributed by atoms with Gasteiger partial charge in [-0.05, 0) is 6.07 Å². The molecule has 1 atom stereocenters. The number of alkyl halides is 3. The van der Waals surface area contributed by atoms with Crippen LogP contribution < -0.4 is 5.32 Å². The van der Waals surface area contributed by atoms with Crippen molar-refractivity contribution in [2.75, 3.05) is 20.1 Å². The van der Waals surface area contributed by atoms with Crippen LogP contribution in [0.15, 0.2) is 24.5 Å². The van der Waals surface area contributed by atoms with E-state index in [1.807, 2.05) is 0 Å². The Morgan fingerprint density at radius 3 is 2.61 bits per heavy atom. The fraction of sp³-hybridized carbons (Fsp3) is 0.385. The van der Waals surface area contributed by atoms with Crippen molar-refractivity contribution in [2.45, 2.75) is 12.2 Å². The molecule has 1 aliphatic rings. The first-order chi connectivity index (χ1) is 10.7. The predicted octanol–water partition coefficient (Wildman–Crippen LogP) is 0.695. The van der Waals surface area contributed by atoms with E-state index in [9.17, 15) is 27.6 Å². The molecular weight excluding hydrogens is 317 g/mol. The van der Waals surface area contributed by atoms with Crippen molar-refractivity contribution in [3.63, 3.8) is 0 Å². The van der Waals surface area contributed by atoms with Crippen LogP contribution in [0.2, 0.25) is 0 Å². The fourth-order valence-corrected chi connectivity index (χ4v) is 2.08. The van der Waals surface area contributed by atoms with E-state index in [0.717, 1.165) is 11.1 Å². The topological polar surface area (TPSA) is 82.6 Å². The molecular formula is C13H13F3N4O3. The molecule has 1 fully saturated rings. The van der Waals surface area contributed by atoms with E-state index in [1.165, 1.54) is 25.4 Å². The summed E-state index contributed by atoms with van der Waals surface area (Å²) in [7, 11) is 1.35. The van der Waals surface area contributed by atoms with Gasteiger partial charge in [0.2, 0.25) is 5.91 Å². The molecule has 2 rings (SSSR count). The molecule has 1 aromatic heterocycles. The lowest BCUT2D eigenvalue weighted by Crippen LogP contribution is -2.45. The van der Waals surface area contributed by atoms with E-state index in [1.54, 1.807) is 5.32 Å². The van der Waals surface area contributed by atoms with Gasteiger partial charge in [0.05, 0.1) is 0 Å². The molecule has 0 aliphatic carbocycles. The summed E-state index contributed by atoms with van der Waals surface area (Å²) in [5.41, 5.74) is -0.246. The lowest BCUT2D eigenvalue weighted by Gasteiger charge is -2.23. The molecule has 0 spiro atoms. The number of nitrogens with one attached hydrogen (secondary N) is 1. The minimum absolute atomic E-state index is 0.211. The lowest BCUT2D eigenvalue weighted by atomic mass is 10.1. The normalized spacial score (nSPS) is 16.7. The SMILES string of the molecule is CN1CC(=O)N(CC(=O)NC(c2cccnc2)C(F)(F)F)C1=O. The predicted molar refractivity (Wildman–Crippen MR) is 70.9 cm³/mol. The summed E-state index contributed by atoms with van der Waals surface area (Å²) in [5, 5.41) is 1.79. The second kappa shape index (κ2) is 6.23. The van der Waals surface area contributed by atoms with E-state index in [-0.39, 0.29) is 12.1 Å². The highest BCUT2D eigenvalue weighted by atomic mass is 19.4. The lowest BCUT2D eigenvalue weighted by molar-refractivity contribution is -0.163. The van der Waals surface area contributed by atoms with Gasteiger partial charge >= 0.3 is 12.2 Å². The maximum absolute atomic E-state index is 13.1. The number of carbonyl (C=O) groups is 3. The minimum atomic E-state index is -4.74. The monoisotopic (exact) mass is 330 g/mol. The number of halogens is 3. The standard InChI is InChI=1S/C13H13F3N4O3/c1-19-7-10(22)20(12(19)23)6-9(21)18-11(13(14,15)16)8-3-2-4-17-5-8/h2-5,11H,6-7H2,1H3,(H,18,21). The third-order valence-corrected chi connectivity index (χ3v) is 3.18. The molecule has 23 heavy (non-hydrogen) atoms. The second-order valence-electron chi connectivity index (χ2n) is 4.95. The van der Waals surface area contributed by atoms with E-state index in [4.69, 9.17) is 0 Å². The largest absolute Gasteiger partial charge is 0.412 e. The van der Waals surface area contributed by atoms with Crippen LogP contribution in [-0.4, -0.2) is 58.9 Å². The van der Waals surface area contributed by atoms with Gasteiger partial charge in [0.15, 0.2) is 6.04 Å². The third kappa shape index (κ3) is 3.76. The molecule has 7 nitrogen and oxygen atoms in total. The van der Waals surface area contributed by atoms with Gasteiger partial charge in [0.25, 0.3) is 5.91 Å². The molecule has 1 saturated heterocycles. The Morgan fingerprint density at radius 1 is 1.43 bits per heavy atom. The van der Waals surface area contributed by atoms with Crippen molar-refractivity contribution in [3.05, 3.63) is 30.1 Å². The highest BCUT2D eigenvalue weighted by molar-refractivity contribution is 6.04. The average molecular weight is 330 g/mol. The van der Waals surface area contributed by atoms with Crippen LogP contribution in [0.5, 0.6) is 0 Å². The van der Waals surface area contributed by atoms with Crippen LogP contribution >= 0.6 is 0 Å². The van der Waals surface area contributed by atoms with Gasteiger partial charge < -0.3 is 10.2 Å². The van der Waals surface area contributed by atoms with Gasteiger partial charge in [-0.2, -0.15) is 13.2 Å². The van der Waals surface area contributed by atoms with Crippen molar-refractivity contribution in [3.8, 4) is 0 Å². The molecule has 2 heterocycles. The molecule has 0 radical (unpaired) electrons. The van der Waals surface area contributed by atoms with Crippen molar-refractivity contribution in [1.82, 2.24) is 20.1 Å². The number of pyridine rings is 1. The summed E-state index contributed by atoms with van der Waals surface area (Å²) < 4.78 is 39.3. The van der Waals surface area contributed by atoms with E-state index in [0.29, 0.717) is 4.90 Å². The van der Waals surface area contributed by atoms with Gasteiger partial charge in [-0.25, -0.2) is 4.79 Å². The van der Waals surface area contributed by atoms with Gasteiger partial charge in [0.1, 0.15) is 13.1 Å². The molecule has 4 amide bonds. The van der Waals surface area contributed by atoms with Gasteiger partial charge in [-0.1, -0.05) is 6.07 Å². The zero-order valence-electron chi connectivity index (χ0n) is 12.0. The Labute approximate surface area is 129 Å². The average Bonchev–Trinajstić information content (AvgIpc) is 2.71. The number of aromatic nitrogens is 1. The van der Waals surface area contributed by atoms with Crippen molar-refractivity contribution >= 4 is 17.8 Å². The summed E-state index contributed by atoms with van der Waals surface area (Å²) in [6.07, 6.45) is -2.46. The number of hydrogen-bond acceptors (Lipinski definition) is 4. The Balaban J connectivity index is 2.10. The highest BCUT2D eigenvalue weighted by Crippen LogP contribution is 2.32. The van der Waals surface area contributed by atoms with E-state index < -0.39 is 36.6 Å².